The van der Waals surface area contributed by atoms with Gasteiger partial charge in [-0.05, 0) is 12.1 Å². The minimum Gasteiger partial charge on any atom is -0.484 e. The fraction of sp³-hybridized carbons (Fsp3) is 0.357. The lowest BCUT2D eigenvalue weighted by atomic mass is 10.1. The number of para-hydroxylation sites is 1. The van der Waals surface area contributed by atoms with Crippen LogP contribution >= 0.6 is 0 Å². The molecule has 0 spiro atoms. The number of carboxylic acid groups (broad SMARTS) is 2. The standard InChI is InChI=1S/C14H17NO6/c1-10(14(19)20)7-15(8-13(17)18)12(16)9-21-11-5-3-2-4-6-11/h2-6,10H,7-9H2,1H3,(H,17,18)(H,19,20). The summed E-state index contributed by atoms with van der Waals surface area (Å²) < 4.78 is 5.24. The van der Waals surface area contributed by atoms with Gasteiger partial charge in [0, 0.05) is 6.54 Å². The lowest BCUT2D eigenvalue weighted by Gasteiger charge is -2.22. The summed E-state index contributed by atoms with van der Waals surface area (Å²) in [7, 11) is 0. The molecule has 1 atom stereocenters. The summed E-state index contributed by atoms with van der Waals surface area (Å²) in [6, 6.07) is 8.59. The molecule has 0 heterocycles. The van der Waals surface area contributed by atoms with Crippen molar-refractivity contribution < 1.29 is 29.3 Å². The van der Waals surface area contributed by atoms with Gasteiger partial charge in [-0.1, -0.05) is 25.1 Å². The number of hydrogen-bond donors (Lipinski definition) is 2. The maximum atomic E-state index is 12.0. The Bertz CT molecular complexity index is 501. The van der Waals surface area contributed by atoms with Crippen LogP contribution in [0.2, 0.25) is 0 Å². The Hall–Kier alpha value is -2.57. The highest BCUT2D eigenvalue weighted by atomic mass is 16.5. The Balaban J connectivity index is 2.62. The molecule has 1 unspecified atom stereocenters. The van der Waals surface area contributed by atoms with E-state index in [2.05, 4.69) is 0 Å². The molecule has 7 heteroatoms. The number of aliphatic carboxylic acids is 2. The summed E-state index contributed by atoms with van der Waals surface area (Å²) in [5, 5.41) is 17.6. The summed E-state index contributed by atoms with van der Waals surface area (Å²) in [6.07, 6.45) is 0. The van der Waals surface area contributed by atoms with Gasteiger partial charge in [0.15, 0.2) is 6.61 Å². The molecule has 0 aromatic heterocycles. The molecule has 2 N–H and O–H groups in total. The Morgan fingerprint density at radius 1 is 1.19 bits per heavy atom. The zero-order chi connectivity index (χ0) is 15.8. The maximum absolute atomic E-state index is 12.0. The average molecular weight is 295 g/mol. The van der Waals surface area contributed by atoms with E-state index in [1.165, 1.54) is 6.92 Å². The van der Waals surface area contributed by atoms with Gasteiger partial charge in [0.05, 0.1) is 5.92 Å². The summed E-state index contributed by atoms with van der Waals surface area (Å²) >= 11 is 0. The first-order valence-electron chi connectivity index (χ1n) is 6.30. The van der Waals surface area contributed by atoms with Crippen molar-refractivity contribution >= 4 is 17.8 Å². The number of carboxylic acids is 2. The first-order chi connectivity index (χ1) is 9.90. The monoisotopic (exact) mass is 295 g/mol. The Labute approximate surface area is 121 Å². The van der Waals surface area contributed by atoms with Gasteiger partial charge in [0.25, 0.3) is 5.91 Å². The molecular weight excluding hydrogens is 278 g/mol. The van der Waals surface area contributed by atoms with Crippen LogP contribution in [0.3, 0.4) is 0 Å². The highest BCUT2D eigenvalue weighted by molar-refractivity contribution is 5.83. The minimum atomic E-state index is -1.21. The molecule has 7 nitrogen and oxygen atoms in total. The molecule has 0 aliphatic rings. The maximum Gasteiger partial charge on any atom is 0.323 e. The van der Waals surface area contributed by atoms with E-state index in [0.29, 0.717) is 5.75 Å². The number of carbonyl (C=O) groups is 3. The van der Waals surface area contributed by atoms with E-state index in [-0.39, 0.29) is 13.2 Å². The predicted molar refractivity (Wildman–Crippen MR) is 73.0 cm³/mol. The molecule has 0 radical (unpaired) electrons. The highest BCUT2D eigenvalue weighted by Crippen LogP contribution is 2.09. The number of benzene rings is 1. The summed E-state index contributed by atoms with van der Waals surface area (Å²) in [5.74, 6) is -3.25. The Morgan fingerprint density at radius 3 is 2.33 bits per heavy atom. The number of carbonyl (C=O) groups excluding carboxylic acids is 1. The van der Waals surface area contributed by atoms with E-state index in [1.807, 2.05) is 0 Å². The van der Waals surface area contributed by atoms with Crippen molar-refractivity contribution in [1.29, 1.82) is 0 Å². The molecule has 0 aliphatic carbocycles. The number of amides is 1. The van der Waals surface area contributed by atoms with Crippen LogP contribution < -0.4 is 4.74 Å². The van der Waals surface area contributed by atoms with E-state index in [0.717, 1.165) is 4.90 Å². The normalized spacial score (nSPS) is 11.5. The molecule has 1 aromatic carbocycles. The third-order valence-corrected chi connectivity index (χ3v) is 2.70. The van der Waals surface area contributed by atoms with Crippen LogP contribution in [0.5, 0.6) is 5.75 Å². The van der Waals surface area contributed by atoms with Crippen LogP contribution in [0.1, 0.15) is 6.92 Å². The molecule has 1 rings (SSSR count). The van der Waals surface area contributed by atoms with Gasteiger partial charge >= 0.3 is 11.9 Å². The topological polar surface area (TPSA) is 104 Å². The summed E-state index contributed by atoms with van der Waals surface area (Å²) in [6.45, 7) is 0.319. The van der Waals surface area contributed by atoms with Crippen molar-refractivity contribution in [2.45, 2.75) is 6.92 Å². The molecule has 21 heavy (non-hydrogen) atoms. The van der Waals surface area contributed by atoms with Gasteiger partial charge in [-0.25, -0.2) is 0 Å². The zero-order valence-corrected chi connectivity index (χ0v) is 11.6. The zero-order valence-electron chi connectivity index (χ0n) is 11.6. The SMILES string of the molecule is CC(CN(CC(=O)O)C(=O)COc1ccccc1)C(=O)O. The van der Waals surface area contributed by atoms with Gasteiger partial charge in [-0.2, -0.15) is 0 Å². The molecule has 114 valence electrons. The van der Waals surface area contributed by atoms with Crippen LogP contribution in [0, 0.1) is 5.92 Å². The van der Waals surface area contributed by atoms with Crippen molar-refractivity contribution in [2.75, 3.05) is 19.7 Å². The quantitative estimate of drug-likeness (QED) is 0.731. The van der Waals surface area contributed by atoms with E-state index >= 15 is 0 Å². The highest BCUT2D eigenvalue weighted by Gasteiger charge is 2.22. The average Bonchev–Trinajstić information content (AvgIpc) is 2.44. The summed E-state index contributed by atoms with van der Waals surface area (Å²) in [4.78, 5) is 34.5. The number of nitrogens with zero attached hydrogens (tertiary/aromatic N) is 1. The first-order valence-corrected chi connectivity index (χ1v) is 6.30. The smallest absolute Gasteiger partial charge is 0.323 e. The van der Waals surface area contributed by atoms with E-state index in [4.69, 9.17) is 14.9 Å². The molecule has 0 saturated heterocycles. The van der Waals surface area contributed by atoms with E-state index in [1.54, 1.807) is 30.3 Å². The second-order valence-electron chi connectivity index (χ2n) is 4.51. The van der Waals surface area contributed by atoms with Crippen molar-refractivity contribution in [1.82, 2.24) is 4.90 Å². The third kappa shape index (κ3) is 5.94. The van der Waals surface area contributed by atoms with Crippen molar-refractivity contribution in [2.24, 2.45) is 5.92 Å². The minimum absolute atomic E-state index is 0.182. The fourth-order valence-corrected chi connectivity index (χ4v) is 1.58. The lowest BCUT2D eigenvalue weighted by Crippen LogP contribution is -2.42. The number of rotatable bonds is 8. The van der Waals surface area contributed by atoms with Gasteiger partial charge in [-0.15, -0.1) is 0 Å². The molecule has 1 amide bonds. The van der Waals surface area contributed by atoms with Crippen LogP contribution in [-0.4, -0.2) is 52.7 Å². The lowest BCUT2D eigenvalue weighted by molar-refractivity contribution is -0.149. The fourth-order valence-electron chi connectivity index (χ4n) is 1.58. The molecule has 0 bridgehead atoms. The number of ether oxygens (including phenoxy) is 1. The molecular formula is C14H17NO6. The van der Waals surface area contributed by atoms with Crippen LogP contribution in [0.4, 0.5) is 0 Å². The first kappa shape index (κ1) is 16.5. The molecule has 0 aliphatic heterocycles. The Kier molecular flexibility index (Phi) is 6.19. The van der Waals surface area contributed by atoms with E-state index < -0.39 is 30.3 Å². The second-order valence-corrected chi connectivity index (χ2v) is 4.51. The van der Waals surface area contributed by atoms with Crippen LogP contribution in [0.15, 0.2) is 30.3 Å². The Morgan fingerprint density at radius 2 is 1.81 bits per heavy atom. The summed E-state index contributed by atoms with van der Waals surface area (Å²) in [5.41, 5.74) is 0. The van der Waals surface area contributed by atoms with Gasteiger partial charge < -0.3 is 19.8 Å². The van der Waals surface area contributed by atoms with Crippen LogP contribution in [-0.2, 0) is 14.4 Å². The molecule has 0 saturated carbocycles. The predicted octanol–water partition coefficient (Wildman–Crippen LogP) is 0.699. The van der Waals surface area contributed by atoms with Crippen LogP contribution in [0.25, 0.3) is 0 Å². The van der Waals surface area contributed by atoms with Crippen molar-refractivity contribution in [3.8, 4) is 5.75 Å². The van der Waals surface area contributed by atoms with E-state index in [9.17, 15) is 14.4 Å². The second kappa shape index (κ2) is 7.88. The van der Waals surface area contributed by atoms with Gasteiger partial charge in [0.2, 0.25) is 0 Å². The third-order valence-electron chi connectivity index (χ3n) is 2.70. The van der Waals surface area contributed by atoms with Gasteiger partial charge in [0.1, 0.15) is 12.3 Å². The number of hydrogen-bond acceptors (Lipinski definition) is 4. The van der Waals surface area contributed by atoms with Crippen molar-refractivity contribution in [3.05, 3.63) is 30.3 Å². The molecule has 1 aromatic rings. The largest absolute Gasteiger partial charge is 0.484 e. The molecule has 0 fully saturated rings. The van der Waals surface area contributed by atoms with Gasteiger partial charge in [-0.3, -0.25) is 14.4 Å². The van der Waals surface area contributed by atoms with Crippen molar-refractivity contribution in [3.63, 3.8) is 0 Å².